The van der Waals surface area contributed by atoms with E-state index in [1.54, 1.807) is 18.2 Å². The molecule has 1 aromatic carbocycles. The van der Waals surface area contributed by atoms with Crippen molar-refractivity contribution in [2.24, 2.45) is 0 Å². The van der Waals surface area contributed by atoms with Crippen molar-refractivity contribution in [2.75, 3.05) is 0 Å². The van der Waals surface area contributed by atoms with Gasteiger partial charge < -0.3 is 9.67 Å². The summed E-state index contributed by atoms with van der Waals surface area (Å²) >= 11 is 0. The van der Waals surface area contributed by atoms with Crippen molar-refractivity contribution >= 4 is 11.7 Å². The Morgan fingerprint density at radius 1 is 1.38 bits per heavy atom. The first-order valence-electron chi connectivity index (χ1n) is 6.07. The molecule has 7 heteroatoms. The van der Waals surface area contributed by atoms with Crippen molar-refractivity contribution in [3.63, 3.8) is 0 Å². The molecule has 108 valence electrons. The maximum Gasteiger partial charge on any atom is 0.336 e. The number of aromatic carboxylic acids is 1. The number of pyridine rings is 1. The summed E-state index contributed by atoms with van der Waals surface area (Å²) in [6.07, 6.45) is 1.14. The van der Waals surface area contributed by atoms with Gasteiger partial charge in [-0.3, -0.25) is 14.9 Å². The average Bonchev–Trinajstić information content (AvgIpc) is 2.41. The van der Waals surface area contributed by atoms with Crippen LogP contribution in [0.5, 0.6) is 0 Å². The molecule has 1 aromatic heterocycles. The lowest BCUT2D eigenvalue weighted by Gasteiger charge is -2.09. The molecule has 7 nitrogen and oxygen atoms in total. The zero-order valence-corrected chi connectivity index (χ0v) is 11.1. The second kappa shape index (κ2) is 5.58. The van der Waals surface area contributed by atoms with Crippen molar-refractivity contribution in [1.29, 1.82) is 0 Å². The molecule has 0 amide bonds. The number of benzene rings is 1. The van der Waals surface area contributed by atoms with E-state index in [2.05, 4.69) is 0 Å². The van der Waals surface area contributed by atoms with Crippen LogP contribution in [-0.4, -0.2) is 20.6 Å². The minimum atomic E-state index is -1.11. The first-order chi connectivity index (χ1) is 9.90. The summed E-state index contributed by atoms with van der Waals surface area (Å²) in [5.41, 5.74) is 0.145. The predicted molar refractivity (Wildman–Crippen MR) is 74.6 cm³/mol. The van der Waals surface area contributed by atoms with Crippen LogP contribution < -0.4 is 5.56 Å². The van der Waals surface area contributed by atoms with E-state index in [0.717, 1.165) is 10.8 Å². The van der Waals surface area contributed by atoms with Gasteiger partial charge in [-0.1, -0.05) is 18.2 Å². The first kappa shape index (κ1) is 14.4. The smallest absolute Gasteiger partial charge is 0.336 e. The van der Waals surface area contributed by atoms with Gasteiger partial charge >= 0.3 is 5.97 Å². The Kier molecular flexibility index (Phi) is 3.84. The molecule has 0 saturated carbocycles. The van der Waals surface area contributed by atoms with Crippen LogP contribution in [0, 0.1) is 17.0 Å². The van der Waals surface area contributed by atoms with Gasteiger partial charge in [-0.15, -0.1) is 0 Å². The average molecular weight is 288 g/mol. The topological polar surface area (TPSA) is 102 Å². The fraction of sp³-hybridized carbons (Fsp3) is 0.143. The molecule has 0 bridgehead atoms. The van der Waals surface area contributed by atoms with Crippen LogP contribution in [0.3, 0.4) is 0 Å². The van der Waals surface area contributed by atoms with E-state index in [9.17, 15) is 19.7 Å². The van der Waals surface area contributed by atoms with E-state index in [1.165, 1.54) is 19.1 Å². The Morgan fingerprint density at radius 2 is 2.05 bits per heavy atom. The number of aromatic nitrogens is 1. The van der Waals surface area contributed by atoms with Crippen LogP contribution in [0.2, 0.25) is 0 Å². The third-order valence-corrected chi connectivity index (χ3v) is 3.09. The van der Waals surface area contributed by atoms with Gasteiger partial charge in [-0.25, -0.2) is 4.79 Å². The fourth-order valence-corrected chi connectivity index (χ4v) is 2.02. The summed E-state index contributed by atoms with van der Waals surface area (Å²) in [6, 6.07) is 7.39. The summed E-state index contributed by atoms with van der Waals surface area (Å²) in [7, 11) is 0. The Hall–Kier alpha value is -2.96. The van der Waals surface area contributed by atoms with Gasteiger partial charge in [0, 0.05) is 11.6 Å². The van der Waals surface area contributed by atoms with E-state index < -0.39 is 16.5 Å². The Morgan fingerprint density at radius 3 is 2.67 bits per heavy atom. The quantitative estimate of drug-likeness (QED) is 0.682. The van der Waals surface area contributed by atoms with Crippen LogP contribution in [0.4, 0.5) is 5.69 Å². The molecule has 0 aliphatic heterocycles. The molecule has 0 spiro atoms. The highest BCUT2D eigenvalue weighted by molar-refractivity contribution is 5.89. The van der Waals surface area contributed by atoms with Crippen molar-refractivity contribution in [3.8, 4) is 0 Å². The molecular formula is C14H12N2O5. The van der Waals surface area contributed by atoms with Gasteiger partial charge in [0.15, 0.2) is 0 Å². The maximum absolute atomic E-state index is 11.9. The van der Waals surface area contributed by atoms with Crippen molar-refractivity contribution in [1.82, 2.24) is 4.57 Å². The maximum atomic E-state index is 11.9. The predicted octanol–water partition coefficient (Wildman–Crippen LogP) is 1.81. The number of nitro groups is 1. The monoisotopic (exact) mass is 288 g/mol. The van der Waals surface area contributed by atoms with Crippen LogP contribution in [-0.2, 0) is 6.54 Å². The van der Waals surface area contributed by atoms with E-state index >= 15 is 0 Å². The van der Waals surface area contributed by atoms with Gasteiger partial charge in [0.2, 0.25) is 0 Å². The molecule has 0 unspecified atom stereocenters. The molecule has 0 saturated heterocycles. The number of nitrogens with zero attached hydrogens (tertiary/aromatic N) is 2. The van der Waals surface area contributed by atoms with E-state index in [0.29, 0.717) is 5.56 Å². The molecule has 0 radical (unpaired) electrons. The lowest BCUT2D eigenvalue weighted by molar-refractivity contribution is -0.385. The summed E-state index contributed by atoms with van der Waals surface area (Å²) in [5, 5.41) is 20.0. The van der Waals surface area contributed by atoms with Crippen LogP contribution in [0.25, 0.3) is 0 Å². The largest absolute Gasteiger partial charge is 0.478 e. The second-order valence-electron chi connectivity index (χ2n) is 4.53. The number of carboxylic acids is 1. The molecule has 1 heterocycles. The third kappa shape index (κ3) is 2.97. The molecule has 0 aliphatic rings. The number of hydrogen-bond donors (Lipinski definition) is 1. The first-order valence-corrected chi connectivity index (χ1v) is 6.07. The highest BCUT2D eigenvalue weighted by Gasteiger charge is 2.15. The van der Waals surface area contributed by atoms with Gasteiger partial charge in [0.25, 0.3) is 11.2 Å². The second-order valence-corrected chi connectivity index (χ2v) is 4.53. The zero-order chi connectivity index (χ0) is 15.6. The van der Waals surface area contributed by atoms with Crippen molar-refractivity contribution in [3.05, 3.63) is 73.7 Å². The minimum Gasteiger partial charge on any atom is -0.478 e. The Bertz CT molecular complexity index is 779. The third-order valence-electron chi connectivity index (χ3n) is 3.09. The van der Waals surface area contributed by atoms with Crippen LogP contribution >= 0.6 is 0 Å². The van der Waals surface area contributed by atoms with Gasteiger partial charge in [0.1, 0.15) is 0 Å². The molecule has 0 atom stereocenters. The summed E-state index contributed by atoms with van der Waals surface area (Å²) in [4.78, 5) is 33.4. The van der Waals surface area contributed by atoms with Crippen molar-refractivity contribution < 1.29 is 14.8 Å². The molecule has 2 aromatic rings. The Balaban J connectivity index is 2.50. The van der Waals surface area contributed by atoms with Gasteiger partial charge in [-0.2, -0.15) is 0 Å². The van der Waals surface area contributed by atoms with E-state index in [1.807, 2.05) is 0 Å². The summed E-state index contributed by atoms with van der Waals surface area (Å²) in [5.74, 6) is -1.11. The number of carbonyl (C=O) groups is 1. The lowest BCUT2D eigenvalue weighted by Crippen LogP contribution is -2.21. The molecule has 21 heavy (non-hydrogen) atoms. The summed E-state index contributed by atoms with van der Waals surface area (Å²) < 4.78 is 1.13. The zero-order valence-electron chi connectivity index (χ0n) is 11.1. The van der Waals surface area contributed by atoms with Crippen LogP contribution in [0.15, 0.2) is 41.3 Å². The fourth-order valence-electron chi connectivity index (χ4n) is 2.02. The molecule has 2 rings (SSSR count). The molecular weight excluding hydrogens is 276 g/mol. The lowest BCUT2D eigenvalue weighted by atomic mass is 10.1. The van der Waals surface area contributed by atoms with Crippen molar-refractivity contribution in [2.45, 2.75) is 13.5 Å². The molecule has 1 N–H and O–H groups in total. The Labute approximate surface area is 119 Å². The highest BCUT2D eigenvalue weighted by Crippen LogP contribution is 2.16. The standard InChI is InChI=1S/C14H12N2O5/c1-9-6-13(17)15(8-12(9)16(20)21)7-10-4-2-3-5-11(10)14(18)19/h2-6,8H,7H2,1H3,(H,18,19). The van der Waals surface area contributed by atoms with Crippen LogP contribution in [0.1, 0.15) is 21.5 Å². The van der Waals surface area contributed by atoms with Gasteiger partial charge in [0.05, 0.1) is 23.2 Å². The highest BCUT2D eigenvalue weighted by atomic mass is 16.6. The summed E-state index contributed by atoms with van der Waals surface area (Å²) in [6.45, 7) is 1.44. The number of aryl methyl sites for hydroxylation is 1. The number of rotatable bonds is 4. The minimum absolute atomic E-state index is 0.0393. The van der Waals surface area contributed by atoms with Gasteiger partial charge in [-0.05, 0) is 18.6 Å². The van der Waals surface area contributed by atoms with E-state index in [4.69, 9.17) is 5.11 Å². The number of hydrogen-bond acceptors (Lipinski definition) is 4. The van der Waals surface area contributed by atoms with E-state index in [-0.39, 0.29) is 23.4 Å². The SMILES string of the molecule is Cc1cc(=O)n(Cc2ccccc2C(=O)O)cc1[N+](=O)[O-]. The number of carboxylic acid groups (broad SMARTS) is 1. The normalized spacial score (nSPS) is 10.3. The molecule has 0 fully saturated rings. The molecule has 0 aliphatic carbocycles.